The second-order valence-electron chi connectivity index (χ2n) is 5.58. The van der Waals surface area contributed by atoms with Crippen LogP contribution in [0.15, 0.2) is 22.7 Å². The van der Waals surface area contributed by atoms with Gasteiger partial charge < -0.3 is 5.32 Å². The number of nitro benzene ring substituents is 1. The van der Waals surface area contributed by atoms with Crippen molar-refractivity contribution in [3.8, 4) is 0 Å². The molecule has 1 unspecified atom stereocenters. The highest BCUT2D eigenvalue weighted by Crippen LogP contribution is 2.26. The Labute approximate surface area is 134 Å². The van der Waals surface area contributed by atoms with Crippen LogP contribution in [0.5, 0.6) is 0 Å². The van der Waals surface area contributed by atoms with Crippen LogP contribution in [0.3, 0.4) is 0 Å². The number of nitrogens with one attached hydrogen (secondary N) is 1. The standard InChI is InChI=1S/C15H22BrN3O2/c1-2-18(11-13-4-3-7-17-9-13)10-12-5-6-14(16)15(8-12)19(20)21/h5-6,8,13,17H,2-4,7,9-11H2,1H3. The number of nitro groups is 1. The van der Waals surface area contributed by atoms with E-state index in [0.717, 1.165) is 38.3 Å². The highest BCUT2D eigenvalue weighted by atomic mass is 79.9. The first kappa shape index (κ1) is 16.4. The molecule has 21 heavy (non-hydrogen) atoms. The molecular formula is C15H22BrN3O2. The Kier molecular flexibility index (Phi) is 6.14. The molecule has 1 heterocycles. The van der Waals surface area contributed by atoms with Crippen molar-refractivity contribution in [2.45, 2.75) is 26.3 Å². The highest BCUT2D eigenvalue weighted by Gasteiger charge is 2.18. The van der Waals surface area contributed by atoms with Gasteiger partial charge >= 0.3 is 0 Å². The lowest BCUT2D eigenvalue weighted by molar-refractivity contribution is -0.385. The Bertz CT molecular complexity index is 490. The van der Waals surface area contributed by atoms with E-state index >= 15 is 0 Å². The van der Waals surface area contributed by atoms with Crippen LogP contribution in [0.1, 0.15) is 25.3 Å². The minimum atomic E-state index is -0.338. The molecule has 1 aliphatic heterocycles. The zero-order valence-electron chi connectivity index (χ0n) is 12.3. The molecule has 1 aromatic rings. The van der Waals surface area contributed by atoms with E-state index in [-0.39, 0.29) is 10.6 Å². The summed E-state index contributed by atoms with van der Waals surface area (Å²) in [6.45, 7) is 7.12. The van der Waals surface area contributed by atoms with Crippen molar-refractivity contribution in [1.29, 1.82) is 0 Å². The summed E-state index contributed by atoms with van der Waals surface area (Å²) in [6, 6.07) is 5.40. The van der Waals surface area contributed by atoms with Crippen molar-refractivity contribution in [2.75, 3.05) is 26.2 Å². The topological polar surface area (TPSA) is 58.4 Å². The molecule has 1 fully saturated rings. The molecule has 0 aliphatic carbocycles. The average Bonchev–Trinajstić information content (AvgIpc) is 2.49. The SMILES string of the molecule is CCN(Cc1ccc(Br)c([N+](=O)[O-])c1)CC1CCCNC1. The van der Waals surface area contributed by atoms with E-state index in [4.69, 9.17) is 0 Å². The monoisotopic (exact) mass is 355 g/mol. The summed E-state index contributed by atoms with van der Waals surface area (Å²) in [7, 11) is 0. The van der Waals surface area contributed by atoms with E-state index in [2.05, 4.69) is 33.1 Å². The van der Waals surface area contributed by atoms with E-state index in [1.165, 1.54) is 12.8 Å². The lowest BCUT2D eigenvalue weighted by Crippen LogP contribution is -2.38. The molecule has 0 saturated carbocycles. The van der Waals surface area contributed by atoms with E-state index in [1.807, 2.05) is 6.07 Å². The number of piperidine rings is 1. The van der Waals surface area contributed by atoms with Gasteiger partial charge in [0, 0.05) is 19.2 Å². The van der Waals surface area contributed by atoms with Crippen LogP contribution >= 0.6 is 15.9 Å². The molecule has 5 nitrogen and oxygen atoms in total. The minimum absolute atomic E-state index is 0.142. The number of hydrogen-bond acceptors (Lipinski definition) is 4. The average molecular weight is 356 g/mol. The van der Waals surface area contributed by atoms with Crippen molar-refractivity contribution in [3.63, 3.8) is 0 Å². The maximum Gasteiger partial charge on any atom is 0.283 e. The summed E-state index contributed by atoms with van der Waals surface area (Å²) in [6.07, 6.45) is 2.51. The molecule has 1 N–H and O–H groups in total. The van der Waals surface area contributed by atoms with E-state index in [1.54, 1.807) is 12.1 Å². The Morgan fingerprint density at radius 3 is 2.95 bits per heavy atom. The first-order valence-corrected chi connectivity index (χ1v) is 8.25. The summed E-state index contributed by atoms with van der Waals surface area (Å²) < 4.78 is 0.538. The molecule has 1 aliphatic rings. The Hall–Kier alpha value is -0.980. The summed E-state index contributed by atoms with van der Waals surface area (Å²) in [4.78, 5) is 13.0. The fourth-order valence-electron chi connectivity index (χ4n) is 2.81. The minimum Gasteiger partial charge on any atom is -0.316 e. The molecule has 1 saturated heterocycles. The summed E-state index contributed by atoms with van der Waals surface area (Å²) in [5.41, 5.74) is 1.14. The van der Waals surface area contributed by atoms with Crippen LogP contribution in [-0.2, 0) is 6.54 Å². The van der Waals surface area contributed by atoms with Gasteiger partial charge in [-0.1, -0.05) is 13.0 Å². The Morgan fingerprint density at radius 2 is 2.33 bits per heavy atom. The van der Waals surface area contributed by atoms with Crippen LogP contribution in [0.4, 0.5) is 5.69 Å². The van der Waals surface area contributed by atoms with E-state index < -0.39 is 0 Å². The molecule has 0 radical (unpaired) electrons. The van der Waals surface area contributed by atoms with Crippen LogP contribution in [0, 0.1) is 16.0 Å². The maximum absolute atomic E-state index is 11.0. The number of halogens is 1. The van der Waals surface area contributed by atoms with Gasteiger partial charge in [0.25, 0.3) is 5.69 Å². The van der Waals surface area contributed by atoms with Crippen LogP contribution < -0.4 is 5.32 Å². The number of nitrogens with zero attached hydrogens (tertiary/aromatic N) is 2. The van der Waals surface area contributed by atoms with Gasteiger partial charge in [0.2, 0.25) is 0 Å². The fourth-order valence-corrected chi connectivity index (χ4v) is 3.20. The van der Waals surface area contributed by atoms with Crippen molar-refractivity contribution >= 4 is 21.6 Å². The van der Waals surface area contributed by atoms with E-state index in [9.17, 15) is 10.1 Å². The van der Waals surface area contributed by atoms with Crippen molar-refractivity contribution in [1.82, 2.24) is 10.2 Å². The first-order valence-electron chi connectivity index (χ1n) is 7.46. The fraction of sp³-hybridized carbons (Fsp3) is 0.600. The van der Waals surface area contributed by atoms with Crippen molar-refractivity contribution in [3.05, 3.63) is 38.3 Å². The lowest BCUT2D eigenvalue weighted by Gasteiger charge is -2.29. The third kappa shape index (κ3) is 4.76. The number of hydrogen-bond donors (Lipinski definition) is 1. The third-order valence-corrected chi connectivity index (χ3v) is 4.65. The molecule has 1 aromatic carbocycles. The molecule has 116 valence electrons. The molecular weight excluding hydrogens is 334 g/mol. The predicted molar refractivity (Wildman–Crippen MR) is 87.3 cm³/mol. The van der Waals surface area contributed by atoms with Gasteiger partial charge in [-0.2, -0.15) is 0 Å². The van der Waals surface area contributed by atoms with Crippen LogP contribution in [-0.4, -0.2) is 36.0 Å². The van der Waals surface area contributed by atoms with Gasteiger partial charge in [-0.25, -0.2) is 0 Å². The van der Waals surface area contributed by atoms with Gasteiger partial charge in [0.05, 0.1) is 9.40 Å². The molecule has 0 bridgehead atoms. The van der Waals surface area contributed by atoms with Gasteiger partial charge in [0.15, 0.2) is 0 Å². The van der Waals surface area contributed by atoms with Gasteiger partial charge in [-0.3, -0.25) is 15.0 Å². The molecule has 0 aromatic heterocycles. The van der Waals surface area contributed by atoms with E-state index in [0.29, 0.717) is 10.4 Å². The van der Waals surface area contributed by atoms with Gasteiger partial charge in [0.1, 0.15) is 0 Å². The van der Waals surface area contributed by atoms with Gasteiger partial charge in [-0.05, 0) is 66.0 Å². The maximum atomic E-state index is 11.0. The summed E-state index contributed by atoms with van der Waals surface area (Å²) in [5, 5.41) is 14.4. The van der Waals surface area contributed by atoms with Gasteiger partial charge in [-0.15, -0.1) is 0 Å². The predicted octanol–water partition coefficient (Wildman–Crippen LogP) is 3.18. The normalized spacial score (nSPS) is 18.9. The molecule has 1 atom stereocenters. The summed E-state index contributed by atoms with van der Waals surface area (Å²) >= 11 is 3.23. The second-order valence-corrected chi connectivity index (χ2v) is 6.44. The first-order chi connectivity index (χ1) is 10.1. The summed E-state index contributed by atoms with van der Waals surface area (Å²) in [5.74, 6) is 0.684. The molecule has 0 amide bonds. The van der Waals surface area contributed by atoms with Crippen molar-refractivity contribution < 1.29 is 4.92 Å². The lowest BCUT2D eigenvalue weighted by atomic mass is 9.99. The largest absolute Gasteiger partial charge is 0.316 e. The smallest absolute Gasteiger partial charge is 0.283 e. The highest BCUT2D eigenvalue weighted by molar-refractivity contribution is 9.10. The van der Waals surface area contributed by atoms with Crippen LogP contribution in [0.25, 0.3) is 0 Å². The second kappa shape index (κ2) is 7.87. The number of rotatable bonds is 6. The zero-order chi connectivity index (χ0) is 15.2. The zero-order valence-corrected chi connectivity index (χ0v) is 13.9. The quantitative estimate of drug-likeness (QED) is 0.628. The van der Waals surface area contributed by atoms with Crippen LogP contribution in [0.2, 0.25) is 0 Å². The Balaban J connectivity index is 2.00. The molecule has 2 rings (SSSR count). The molecule has 6 heteroatoms. The Morgan fingerprint density at radius 1 is 1.52 bits per heavy atom. The molecule has 0 spiro atoms. The number of benzene rings is 1. The third-order valence-electron chi connectivity index (χ3n) is 3.98. The van der Waals surface area contributed by atoms with Crippen molar-refractivity contribution in [2.24, 2.45) is 5.92 Å².